The molecule has 0 saturated heterocycles. The summed E-state index contributed by atoms with van der Waals surface area (Å²) in [4.78, 5) is 25.2. The number of hydrogen-bond donors (Lipinski definition) is 0. The lowest BCUT2D eigenvalue weighted by molar-refractivity contribution is -0.152. The zero-order valence-corrected chi connectivity index (χ0v) is 25.4. The zero-order chi connectivity index (χ0) is 29.8. The summed E-state index contributed by atoms with van der Waals surface area (Å²) in [6.45, 7) is 10.7. The van der Waals surface area contributed by atoms with E-state index < -0.39 is 0 Å². The highest BCUT2D eigenvalue weighted by Gasteiger charge is 2.23. The van der Waals surface area contributed by atoms with Gasteiger partial charge in [0, 0.05) is 38.3 Å². The number of likely N-dealkylation sites (N-methyl/N-ethyl adjacent to an activating group) is 1. The third kappa shape index (κ3) is 6.20. The van der Waals surface area contributed by atoms with Gasteiger partial charge < -0.3 is 9.47 Å². The van der Waals surface area contributed by atoms with Crippen molar-refractivity contribution in [1.29, 1.82) is 0 Å². The van der Waals surface area contributed by atoms with Crippen molar-refractivity contribution >= 4 is 5.69 Å². The predicted octanol–water partition coefficient (Wildman–Crippen LogP) is 5.50. The molecule has 0 N–H and O–H groups in total. The van der Waals surface area contributed by atoms with E-state index in [0.29, 0.717) is 44.1 Å². The Labute approximate surface area is 247 Å². The van der Waals surface area contributed by atoms with Crippen LogP contribution in [0.2, 0.25) is 0 Å². The third-order valence-electron chi connectivity index (χ3n) is 7.66. The molecule has 0 aliphatic carbocycles. The number of hydrogen-bond acceptors (Lipinski definition) is 6. The highest BCUT2D eigenvalue weighted by Crippen LogP contribution is 2.37. The Kier molecular flexibility index (Phi) is 8.94. The number of methoxy groups -OCH3 is 1. The summed E-state index contributed by atoms with van der Waals surface area (Å²) in [5.41, 5.74) is 8.73. The fraction of sp³-hybridized carbons (Fsp3) is 0.353. The van der Waals surface area contributed by atoms with Crippen molar-refractivity contribution in [3.63, 3.8) is 0 Å². The van der Waals surface area contributed by atoms with E-state index in [9.17, 15) is 4.79 Å². The van der Waals surface area contributed by atoms with Crippen LogP contribution < -0.4 is 20.7 Å². The van der Waals surface area contributed by atoms with Gasteiger partial charge in [-0.1, -0.05) is 48.0 Å². The van der Waals surface area contributed by atoms with E-state index in [4.69, 9.17) is 19.3 Å². The van der Waals surface area contributed by atoms with Gasteiger partial charge in [-0.2, -0.15) is 5.06 Å². The van der Waals surface area contributed by atoms with Crippen molar-refractivity contribution in [2.75, 3.05) is 27.3 Å². The van der Waals surface area contributed by atoms with Gasteiger partial charge in [-0.05, 0) is 68.5 Å². The Morgan fingerprint density at radius 3 is 2.40 bits per heavy atom. The van der Waals surface area contributed by atoms with Crippen LogP contribution in [-0.4, -0.2) is 41.5 Å². The van der Waals surface area contributed by atoms with E-state index in [2.05, 4.69) is 32.9 Å². The van der Waals surface area contributed by atoms with Gasteiger partial charge in [-0.3, -0.25) is 14.0 Å². The lowest BCUT2D eigenvalue weighted by Gasteiger charge is -2.25. The molecule has 3 aromatic carbocycles. The van der Waals surface area contributed by atoms with Crippen LogP contribution in [0.15, 0.2) is 70.5 Å². The van der Waals surface area contributed by atoms with Gasteiger partial charge in [0.1, 0.15) is 5.49 Å². The highest BCUT2D eigenvalue weighted by atomic mass is 16.7. The molecule has 1 aliphatic heterocycles. The van der Waals surface area contributed by atoms with Gasteiger partial charge in [-0.15, -0.1) is 0 Å². The molecule has 0 fully saturated rings. The Bertz CT molecular complexity index is 1680. The molecule has 0 spiro atoms. The number of aromatic nitrogens is 2. The zero-order valence-electron chi connectivity index (χ0n) is 25.4. The van der Waals surface area contributed by atoms with Crippen molar-refractivity contribution in [2.24, 2.45) is 4.99 Å². The number of aryl methyl sites for hydroxylation is 4. The van der Waals surface area contributed by atoms with Crippen LogP contribution in [0.1, 0.15) is 34.7 Å². The molecule has 8 heteroatoms. The lowest BCUT2D eigenvalue weighted by atomic mass is 9.97. The molecule has 42 heavy (non-hydrogen) atoms. The Balaban J connectivity index is 1.58. The van der Waals surface area contributed by atoms with Gasteiger partial charge in [0.05, 0.1) is 31.7 Å². The average Bonchev–Trinajstić information content (AvgIpc) is 2.97. The minimum absolute atomic E-state index is 0.0939. The molecular formula is C34H40N4O4. The first-order valence-corrected chi connectivity index (χ1v) is 14.5. The van der Waals surface area contributed by atoms with E-state index in [1.807, 2.05) is 67.1 Å². The molecule has 0 unspecified atom stereocenters. The minimum Gasteiger partial charge on any atom is -0.493 e. The summed E-state index contributed by atoms with van der Waals surface area (Å²) < 4.78 is 15.1. The standard InChI is InChI=1S/C34H40N4O4/c1-7-41-31-19-27-13-14-37-29(28(27)20-30(31)40-6)21-32(35-33-24(3)17-23(2)18-25(33)4)38(34(37)39)16-15-36(5)42-22-26-11-9-8-10-12-26/h8-12,17-21H,7,13-16,22H2,1-6H3. The maximum Gasteiger partial charge on any atom is 0.330 e. The van der Waals surface area contributed by atoms with E-state index in [-0.39, 0.29) is 5.69 Å². The topological polar surface area (TPSA) is 70.2 Å². The van der Waals surface area contributed by atoms with E-state index >= 15 is 0 Å². The quantitative estimate of drug-likeness (QED) is 0.236. The van der Waals surface area contributed by atoms with Gasteiger partial charge in [0.25, 0.3) is 0 Å². The van der Waals surface area contributed by atoms with Crippen LogP contribution in [0.5, 0.6) is 11.5 Å². The van der Waals surface area contributed by atoms with Gasteiger partial charge in [-0.25, -0.2) is 9.79 Å². The molecule has 220 valence electrons. The summed E-state index contributed by atoms with van der Waals surface area (Å²) in [6, 6.07) is 20.4. The Morgan fingerprint density at radius 2 is 1.71 bits per heavy atom. The normalized spacial score (nSPS) is 12.8. The van der Waals surface area contributed by atoms with Crippen molar-refractivity contribution in [3.8, 4) is 22.8 Å². The van der Waals surface area contributed by atoms with Crippen molar-refractivity contribution in [2.45, 2.75) is 53.8 Å². The fourth-order valence-corrected chi connectivity index (χ4v) is 5.60. The van der Waals surface area contributed by atoms with Crippen molar-refractivity contribution in [3.05, 3.63) is 104 Å². The molecule has 1 aromatic heterocycles. The number of ether oxygens (including phenoxy) is 2. The number of benzene rings is 3. The maximum absolute atomic E-state index is 14.1. The maximum atomic E-state index is 14.1. The first-order valence-electron chi connectivity index (χ1n) is 14.5. The minimum atomic E-state index is -0.0939. The highest BCUT2D eigenvalue weighted by molar-refractivity contribution is 5.70. The molecule has 5 rings (SSSR count). The molecule has 4 aromatic rings. The number of fused-ring (bicyclic) bond motifs is 3. The Morgan fingerprint density at radius 1 is 0.976 bits per heavy atom. The molecule has 0 atom stereocenters. The average molecular weight is 569 g/mol. The SMILES string of the molecule is CCOc1cc2c(cc1OC)-c1cc(=Nc3c(C)cc(C)cc3C)n(CCN(C)OCc3ccccc3)c(=O)n1CC2. The van der Waals surface area contributed by atoms with E-state index in [1.54, 1.807) is 16.7 Å². The lowest BCUT2D eigenvalue weighted by Crippen LogP contribution is -2.44. The molecule has 0 amide bonds. The first-order chi connectivity index (χ1) is 20.3. The van der Waals surface area contributed by atoms with Crippen molar-refractivity contribution < 1.29 is 14.3 Å². The molecule has 0 saturated carbocycles. The monoisotopic (exact) mass is 568 g/mol. The first kappa shape index (κ1) is 29.4. The van der Waals surface area contributed by atoms with Gasteiger partial charge >= 0.3 is 5.69 Å². The van der Waals surface area contributed by atoms with E-state index in [1.165, 1.54) is 5.56 Å². The molecule has 1 aliphatic rings. The number of rotatable bonds is 10. The van der Waals surface area contributed by atoms with Crippen LogP contribution in [0.4, 0.5) is 5.69 Å². The fourth-order valence-electron chi connectivity index (χ4n) is 5.60. The second kappa shape index (κ2) is 12.8. The number of hydroxylamine groups is 2. The largest absolute Gasteiger partial charge is 0.493 e. The third-order valence-corrected chi connectivity index (χ3v) is 7.66. The molecule has 0 radical (unpaired) electrons. The van der Waals surface area contributed by atoms with Crippen LogP contribution in [0, 0.1) is 20.8 Å². The molecule has 2 heterocycles. The summed E-state index contributed by atoms with van der Waals surface area (Å²) in [5.74, 6) is 1.36. The van der Waals surface area contributed by atoms with Crippen LogP contribution in [0.3, 0.4) is 0 Å². The summed E-state index contributed by atoms with van der Waals surface area (Å²) in [5, 5.41) is 1.78. The predicted molar refractivity (Wildman–Crippen MR) is 165 cm³/mol. The number of nitrogens with zero attached hydrogens (tertiary/aromatic N) is 4. The van der Waals surface area contributed by atoms with Crippen molar-refractivity contribution in [1.82, 2.24) is 14.2 Å². The van der Waals surface area contributed by atoms with Gasteiger partial charge in [0.2, 0.25) is 0 Å². The molecular weight excluding hydrogens is 528 g/mol. The van der Waals surface area contributed by atoms with Crippen LogP contribution in [0.25, 0.3) is 11.3 Å². The molecule has 0 bridgehead atoms. The second-order valence-electron chi connectivity index (χ2n) is 10.8. The Hall–Kier alpha value is -4.14. The summed E-state index contributed by atoms with van der Waals surface area (Å²) in [6.07, 6.45) is 0.721. The summed E-state index contributed by atoms with van der Waals surface area (Å²) in [7, 11) is 3.53. The van der Waals surface area contributed by atoms with E-state index in [0.717, 1.165) is 51.4 Å². The van der Waals surface area contributed by atoms with Crippen LogP contribution in [-0.2, 0) is 31.0 Å². The second-order valence-corrected chi connectivity index (χ2v) is 10.8. The van der Waals surface area contributed by atoms with Crippen LogP contribution >= 0.6 is 0 Å². The smallest absolute Gasteiger partial charge is 0.330 e. The summed E-state index contributed by atoms with van der Waals surface area (Å²) >= 11 is 0. The van der Waals surface area contributed by atoms with Gasteiger partial charge in [0.15, 0.2) is 11.5 Å². The molecule has 8 nitrogen and oxygen atoms in total.